The highest BCUT2D eigenvalue weighted by Gasteiger charge is 2.42. The maximum absolute atomic E-state index is 12.9. The number of likely N-dealkylation sites (tertiary alicyclic amines) is 1. The molecule has 1 amide bonds. The van der Waals surface area contributed by atoms with E-state index >= 15 is 0 Å². The highest BCUT2D eigenvalue weighted by atomic mass is 32.2. The van der Waals surface area contributed by atoms with Gasteiger partial charge in [-0.25, -0.2) is 9.50 Å². The monoisotopic (exact) mass is 360 g/mol. The van der Waals surface area contributed by atoms with E-state index in [2.05, 4.69) is 15.1 Å². The number of aryl methyl sites for hydroxylation is 2. The second kappa shape index (κ2) is 6.25. The Morgan fingerprint density at radius 3 is 2.80 bits per heavy atom. The lowest BCUT2D eigenvalue weighted by atomic mass is 9.98. The highest BCUT2D eigenvalue weighted by molar-refractivity contribution is 7.98. The summed E-state index contributed by atoms with van der Waals surface area (Å²) in [5.74, 6) is 1.82. The van der Waals surface area contributed by atoms with Crippen LogP contribution in [0.25, 0.3) is 5.78 Å². The fraction of sp³-hybridized carbons (Fsp3) is 0.647. The van der Waals surface area contributed by atoms with Gasteiger partial charge in [-0.1, -0.05) is 11.8 Å². The Labute approximate surface area is 151 Å². The van der Waals surface area contributed by atoms with Crippen LogP contribution in [0.1, 0.15) is 29.8 Å². The summed E-state index contributed by atoms with van der Waals surface area (Å²) in [4.78, 5) is 23.8. The molecule has 0 bridgehead atoms. The Balaban J connectivity index is 1.57. The molecular formula is C17H24N6OS. The van der Waals surface area contributed by atoms with Gasteiger partial charge in [-0.3, -0.25) is 4.79 Å². The lowest BCUT2D eigenvalue weighted by Gasteiger charge is -2.20. The van der Waals surface area contributed by atoms with Gasteiger partial charge in [-0.15, -0.1) is 5.10 Å². The molecule has 2 aromatic heterocycles. The number of carbonyl (C=O) groups excluding carboxylic acids is 1. The van der Waals surface area contributed by atoms with Crippen molar-refractivity contribution in [2.24, 2.45) is 17.6 Å². The minimum absolute atomic E-state index is 0.166. The van der Waals surface area contributed by atoms with Crippen molar-refractivity contribution in [1.82, 2.24) is 24.5 Å². The van der Waals surface area contributed by atoms with Crippen LogP contribution in [0.15, 0.2) is 5.16 Å². The van der Waals surface area contributed by atoms with Crippen LogP contribution in [0, 0.1) is 25.7 Å². The van der Waals surface area contributed by atoms with Crippen LogP contribution in [0.4, 0.5) is 0 Å². The van der Waals surface area contributed by atoms with Crippen LogP contribution < -0.4 is 5.73 Å². The average molecular weight is 360 g/mol. The van der Waals surface area contributed by atoms with Crippen molar-refractivity contribution in [3.63, 3.8) is 0 Å². The molecule has 1 saturated carbocycles. The Morgan fingerprint density at radius 1 is 1.28 bits per heavy atom. The van der Waals surface area contributed by atoms with Gasteiger partial charge < -0.3 is 10.6 Å². The zero-order chi connectivity index (χ0) is 17.7. The fourth-order valence-electron chi connectivity index (χ4n) is 4.31. The van der Waals surface area contributed by atoms with Crippen LogP contribution in [0.3, 0.4) is 0 Å². The van der Waals surface area contributed by atoms with Gasteiger partial charge in [0.05, 0.1) is 6.42 Å². The number of thioether (sulfide) groups is 1. The molecular weight excluding hydrogens is 336 g/mol. The summed E-state index contributed by atoms with van der Waals surface area (Å²) in [6.07, 6.45) is 4.55. The van der Waals surface area contributed by atoms with Crippen molar-refractivity contribution in [2.75, 3.05) is 19.3 Å². The topological polar surface area (TPSA) is 89.4 Å². The van der Waals surface area contributed by atoms with Gasteiger partial charge >= 0.3 is 0 Å². The summed E-state index contributed by atoms with van der Waals surface area (Å²) in [6, 6.07) is 0.254. The first-order valence-corrected chi connectivity index (χ1v) is 10.0. The lowest BCUT2D eigenvalue weighted by Crippen LogP contribution is -2.34. The minimum Gasteiger partial charge on any atom is -0.342 e. The van der Waals surface area contributed by atoms with Crippen LogP contribution >= 0.6 is 11.8 Å². The van der Waals surface area contributed by atoms with E-state index in [9.17, 15) is 4.79 Å². The molecule has 3 unspecified atom stereocenters. The number of nitrogens with two attached hydrogens (primary N) is 1. The first-order chi connectivity index (χ1) is 12.0. The molecule has 8 heteroatoms. The molecule has 0 radical (unpaired) electrons. The Bertz CT molecular complexity index is 834. The minimum atomic E-state index is 0.166. The molecule has 3 atom stereocenters. The summed E-state index contributed by atoms with van der Waals surface area (Å²) in [7, 11) is 0. The molecule has 25 heavy (non-hydrogen) atoms. The van der Waals surface area contributed by atoms with Crippen LogP contribution in [0.2, 0.25) is 0 Å². The lowest BCUT2D eigenvalue weighted by molar-refractivity contribution is -0.129. The van der Waals surface area contributed by atoms with E-state index < -0.39 is 0 Å². The van der Waals surface area contributed by atoms with Crippen molar-refractivity contribution < 1.29 is 4.79 Å². The third kappa shape index (κ3) is 2.81. The van der Waals surface area contributed by atoms with Crippen molar-refractivity contribution in [1.29, 1.82) is 0 Å². The van der Waals surface area contributed by atoms with E-state index in [-0.39, 0.29) is 11.9 Å². The average Bonchev–Trinajstić information content (AvgIpc) is 3.27. The van der Waals surface area contributed by atoms with E-state index in [1.165, 1.54) is 11.8 Å². The summed E-state index contributed by atoms with van der Waals surface area (Å²) >= 11 is 1.49. The molecule has 2 aliphatic rings. The van der Waals surface area contributed by atoms with E-state index in [0.717, 1.165) is 42.9 Å². The second-order valence-electron chi connectivity index (χ2n) is 7.21. The summed E-state index contributed by atoms with van der Waals surface area (Å²) in [5, 5.41) is 5.15. The van der Waals surface area contributed by atoms with Gasteiger partial charge in [0, 0.05) is 36.1 Å². The SMILES string of the molecule is CSc1nc2nc(C)c(CC(=O)N3CC4CCC(N)C4C3)c(C)n2n1. The largest absolute Gasteiger partial charge is 0.342 e. The van der Waals surface area contributed by atoms with Crippen LogP contribution in [-0.2, 0) is 11.2 Å². The molecule has 1 aliphatic carbocycles. The molecule has 3 heterocycles. The van der Waals surface area contributed by atoms with Gasteiger partial charge in [0.2, 0.25) is 11.1 Å². The number of hydrogen-bond acceptors (Lipinski definition) is 6. The predicted octanol–water partition coefficient (Wildman–Crippen LogP) is 1.20. The van der Waals surface area contributed by atoms with Gasteiger partial charge in [0.15, 0.2) is 0 Å². The van der Waals surface area contributed by atoms with Crippen molar-refractivity contribution in [3.8, 4) is 0 Å². The Morgan fingerprint density at radius 2 is 2.08 bits per heavy atom. The summed E-state index contributed by atoms with van der Waals surface area (Å²) < 4.78 is 1.75. The van der Waals surface area contributed by atoms with E-state index in [1.807, 2.05) is 25.0 Å². The normalized spacial score (nSPS) is 25.8. The van der Waals surface area contributed by atoms with Gasteiger partial charge in [0.25, 0.3) is 5.78 Å². The number of nitrogens with zero attached hydrogens (tertiary/aromatic N) is 5. The number of aromatic nitrogens is 4. The Hall–Kier alpha value is -1.67. The standard InChI is InChI=1S/C17H24N6OS/c1-9-12(10(2)23-16(19-9)20-17(21-23)25-3)6-15(24)22-7-11-4-5-14(18)13(11)8-22/h11,13-14H,4-8,18H2,1-3H3. The number of carbonyl (C=O) groups is 1. The molecule has 1 saturated heterocycles. The number of rotatable bonds is 3. The fourth-order valence-corrected chi connectivity index (χ4v) is 4.64. The third-order valence-electron chi connectivity index (χ3n) is 5.81. The zero-order valence-electron chi connectivity index (χ0n) is 14.9. The van der Waals surface area contributed by atoms with Gasteiger partial charge in [-0.05, 0) is 44.8 Å². The first-order valence-electron chi connectivity index (χ1n) is 8.78. The van der Waals surface area contributed by atoms with Gasteiger partial charge in [-0.2, -0.15) is 4.98 Å². The van der Waals surface area contributed by atoms with Crippen molar-refractivity contribution >= 4 is 23.4 Å². The van der Waals surface area contributed by atoms with Crippen molar-refractivity contribution in [3.05, 3.63) is 17.0 Å². The first kappa shape index (κ1) is 16.8. The molecule has 2 N–H and O–H groups in total. The Kier molecular flexibility index (Phi) is 4.19. The quantitative estimate of drug-likeness (QED) is 0.828. The number of fused-ring (bicyclic) bond motifs is 2. The van der Waals surface area contributed by atoms with Gasteiger partial charge in [0.1, 0.15) is 0 Å². The predicted molar refractivity (Wildman–Crippen MR) is 96.5 cm³/mol. The maximum atomic E-state index is 12.9. The van der Waals surface area contributed by atoms with E-state index in [0.29, 0.717) is 29.2 Å². The van der Waals surface area contributed by atoms with Crippen LogP contribution in [-0.4, -0.2) is 55.8 Å². The summed E-state index contributed by atoms with van der Waals surface area (Å²) in [6.45, 7) is 5.58. The second-order valence-corrected chi connectivity index (χ2v) is 7.99. The molecule has 4 rings (SSSR count). The number of amides is 1. The van der Waals surface area contributed by atoms with Crippen LogP contribution in [0.5, 0.6) is 0 Å². The van der Waals surface area contributed by atoms with E-state index in [1.54, 1.807) is 4.52 Å². The summed E-state index contributed by atoms with van der Waals surface area (Å²) in [5.41, 5.74) is 8.95. The third-order valence-corrected chi connectivity index (χ3v) is 6.34. The molecule has 0 spiro atoms. The van der Waals surface area contributed by atoms with E-state index in [4.69, 9.17) is 5.73 Å². The van der Waals surface area contributed by atoms with Crippen molar-refractivity contribution in [2.45, 2.75) is 44.3 Å². The molecule has 134 valence electrons. The maximum Gasteiger partial charge on any atom is 0.253 e. The molecule has 2 aromatic rings. The molecule has 0 aromatic carbocycles. The molecule has 2 fully saturated rings. The zero-order valence-corrected chi connectivity index (χ0v) is 15.7. The smallest absolute Gasteiger partial charge is 0.253 e. The molecule has 1 aliphatic heterocycles. The highest BCUT2D eigenvalue weighted by Crippen LogP contribution is 2.37. The molecule has 7 nitrogen and oxygen atoms in total. The number of hydrogen-bond donors (Lipinski definition) is 1.